The van der Waals surface area contributed by atoms with Gasteiger partial charge in [-0.3, -0.25) is 18.6 Å². The number of aliphatic hydroxyl groups excluding tert-OH is 1. The van der Waals surface area contributed by atoms with Crippen molar-refractivity contribution in [3.63, 3.8) is 0 Å². The third kappa shape index (κ3) is 34.5. The molecule has 0 aliphatic carbocycles. The lowest BCUT2D eigenvalue weighted by molar-refractivity contribution is -0.147. The molecule has 0 aliphatic rings. The molecule has 0 aromatic heterocycles. The molecule has 3 unspecified atom stereocenters. The normalized spacial score (nSPS) is 14.3. The first-order valence-corrected chi connectivity index (χ1v) is 21.0. The van der Waals surface area contributed by atoms with E-state index in [1.54, 1.807) is 0 Å². The summed E-state index contributed by atoms with van der Waals surface area (Å²) in [5.74, 6) is -2.41. The topological polar surface area (TPSA) is 169 Å². The monoisotopic (exact) mass is 743 g/mol. The highest BCUT2D eigenvalue weighted by Gasteiger charge is 2.28. The van der Waals surface area contributed by atoms with Gasteiger partial charge in [0, 0.05) is 12.8 Å². The predicted molar refractivity (Wildman–Crippen MR) is 203 cm³/mol. The molecular formula is C39H70NO10P. The van der Waals surface area contributed by atoms with Crippen LogP contribution in [0.15, 0.2) is 36.5 Å². The van der Waals surface area contributed by atoms with Crippen molar-refractivity contribution >= 4 is 25.7 Å². The Bertz CT molecular complexity index is 1020. The van der Waals surface area contributed by atoms with Crippen LogP contribution in [-0.2, 0) is 32.7 Å². The van der Waals surface area contributed by atoms with Crippen LogP contribution in [0.25, 0.3) is 0 Å². The van der Waals surface area contributed by atoms with Crippen molar-refractivity contribution in [3.8, 4) is 0 Å². The maximum atomic E-state index is 12.2. The minimum atomic E-state index is -4.75. The molecule has 3 atom stereocenters. The molecule has 0 spiro atoms. The lowest BCUT2D eigenvalue weighted by atomic mass is 10.1. The maximum Gasteiger partial charge on any atom is 0.472 e. The third-order valence-corrected chi connectivity index (χ3v) is 9.10. The van der Waals surface area contributed by atoms with E-state index in [4.69, 9.17) is 13.8 Å². The van der Waals surface area contributed by atoms with E-state index < -0.39 is 57.6 Å². The number of amides is 1. The van der Waals surface area contributed by atoms with Gasteiger partial charge in [0.1, 0.15) is 12.7 Å². The van der Waals surface area contributed by atoms with Crippen molar-refractivity contribution in [3.05, 3.63) is 36.5 Å². The summed E-state index contributed by atoms with van der Waals surface area (Å²) < 4.78 is 26.7. The van der Waals surface area contributed by atoms with Crippen LogP contribution in [0.5, 0.6) is 0 Å². The average Bonchev–Trinajstić information content (AvgIpc) is 3.10. The van der Waals surface area contributed by atoms with Gasteiger partial charge in [-0.2, -0.15) is 0 Å². The number of nitrogens with one attached hydrogen (secondary N) is 1. The average molecular weight is 744 g/mol. The summed E-state index contributed by atoms with van der Waals surface area (Å²) in [6.45, 7) is 2.49. The van der Waals surface area contributed by atoms with Crippen molar-refractivity contribution < 1.29 is 47.8 Å². The van der Waals surface area contributed by atoms with Crippen molar-refractivity contribution in [2.75, 3.05) is 19.8 Å². The smallest absolute Gasteiger partial charge is 0.472 e. The van der Waals surface area contributed by atoms with E-state index in [9.17, 15) is 34.1 Å². The van der Waals surface area contributed by atoms with Gasteiger partial charge in [-0.15, -0.1) is 0 Å². The zero-order valence-corrected chi connectivity index (χ0v) is 32.5. The Morgan fingerprint density at radius 1 is 0.627 bits per heavy atom. The molecule has 0 aromatic carbocycles. The summed E-state index contributed by atoms with van der Waals surface area (Å²) >= 11 is 0. The molecule has 0 bridgehead atoms. The molecule has 0 saturated heterocycles. The molecule has 0 saturated carbocycles. The Hall–Kier alpha value is -2.30. The summed E-state index contributed by atoms with van der Waals surface area (Å²) in [5, 5.41) is 21.7. The second kappa shape index (κ2) is 34.8. The van der Waals surface area contributed by atoms with E-state index >= 15 is 0 Å². The van der Waals surface area contributed by atoms with Crippen LogP contribution < -0.4 is 5.32 Å². The molecule has 0 heterocycles. The molecule has 1 amide bonds. The fourth-order valence-corrected chi connectivity index (χ4v) is 5.80. The number of allylic oxidation sites excluding steroid dienone is 6. The van der Waals surface area contributed by atoms with Crippen LogP contribution in [0.2, 0.25) is 0 Å². The molecular weight excluding hydrogens is 673 g/mol. The summed E-state index contributed by atoms with van der Waals surface area (Å²) in [7, 11) is -4.75. The summed E-state index contributed by atoms with van der Waals surface area (Å²) in [6, 6.07) is -1.55. The number of ether oxygens (including phenoxy) is 1. The number of carbonyl (C=O) groups is 3. The number of phosphoric ester groups is 1. The standard InChI is InChI=1S/C39H70NO10P/c1-3-5-7-9-11-13-15-17-19-20-22-24-26-28-30-37(42)40-36(39(44)45)34-50-51(46,47)49-33-35(41)32-48-38(43)31-29-27-25-23-21-18-16-14-12-10-8-6-4-2/h9,11,14-17,35-36,41H,3-8,10,12-13,18-34H2,1-2H3,(H,40,42)(H,44,45)(H,46,47)/b11-9-,16-14-,17-15-. The van der Waals surface area contributed by atoms with E-state index in [2.05, 4.69) is 55.6 Å². The van der Waals surface area contributed by atoms with Gasteiger partial charge in [-0.05, 0) is 64.2 Å². The van der Waals surface area contributed by atoms with Crippen molar-refractivity contribution in [2.45, 2.75) is 174 Å². The molecule has 51 heavy (non-hydrogen) atoms. The van der Waals surface area contributed by atoms with Crippen LogP contribution in [0, 0.1) is 0 Å². The highest BCUT2D eigenvalue weighted by Crippen LogP contribution is 2.43. The number of phosphoric acid groups is 1. The second-order valence-corrected chi connectivity index (χ2v) is 14.6. The fraction of sp³-hybridized carbons (Fsp3) is 0.769. The molecule has 0 radical (unpaired) electrons. The van der Waals surface area contributed by atoms with Crippen LogP contribution >= 0.6 is 7.82 Å². The largest absolute Gasteiger partial charge is 0.480 e. The SMILES string of the molecule is CCCC/C=C\C/C=C\CCCCCCCC(=O)NC(COP(=O)(O)OCC(O)COC(=O)CCCCCCC/C=C\CCCCCC)C(=O)O. The highest BCUT2D eigenvalue weighted by atomic mass is 31.2. The van der Waals surface area contributed by atoms with Crippen molar-refractivity contribution in [2.24, 2.45) is 0 Å². The van der Waals surface area contributed by atoms with Gasteiger partial charge in [-0.1, -0.05) is 121 Å². The summed E-state index contributed by atoms with van der Waals surface area (Å²) in [5.41, 5.74) is 0. The first-order chi connectivity index (χ1) is 24.6. The Morgan fingerprint density at radius 2 is 1.10 bits per heavy atom. The lowest BCUT2D eigenvalue weighted by Crippen LogP contribution is -2.43. The number of aliphatic carboxylic acids is 1. The van der Waals surface area contributed by atoms with Gasteiger partial charge >= 0.3 is 19.8 Å². The first kappa shape index (κ1) is 48.7. The van der Waals surface area contributed by atoms with Gasteiger partial charge in [0.25, 0.3) is 0 Å². The van der Waals surface area contributed by atoms with Crippen LogP contribution in [0.3, 0.4) is 0 Å². The Morgan fingerprint density at radius 3 is 1.67 bits per heavy atom. The lowest BCUT2D eigenvalue weighted by Gasteiger charge is -2.18. The number of carboxylic acid groups (broad SMARTS) is 1. The third-order valence-electron chi connectivity index (χ3n) is 8.15. The Labute approximate surface area is 308 Å². The maximum absolute atomic E-state index is 12.2. The summed E-state index contributed by atoms with van der Waals surface area (Å²) in [6.07, 6.45) is 34.6. The summed E-state index contributed by atoms with van der Waals surface area (Å²) in [4.78, 5) is 45.7. The van der Waals surface area contributed by atoms with Crippen molar-refractivity contribution in [1.82, 2.24) is 5.32 Å². The molecule has 12 heteroatoms. The molecule has 0 aliphatic heterocycles. The van der Waals surface area contributed by atoms with Crippen LogP contribution in [-0.4, -0.2) is 64.9 Å². The predicted octanol–water partition coefficient (Wildman–Crippen LogP) is 9.27. The number of aliphatic hydroxyl groups is 1. The van der Waals surface area contributed by atoms with Gasteiger partial charge in [0.15, 0.2) is 6.04 Å². The van der Waals surface area contributed by atoms with E-state index in [1.165, 1.54) is 38.5 Å². The van der Waals surface area contributed by atoms with E-state index in [-0.39, 0.29) is 12.8 Å². The van der Waals surface area contributed by atoms with E-state index in [0.717, 1.165) is 83.5 Å². The van der Waals surface area contributed by atoms with Crippen LogP contribution in [0.4, 0.5) is 0 Å². The number of hydrogen-bond acceptors (Lipinski definition) is 8. The fourth-order valence-electron chi connectivity index (χ4n) is 5.03. The minimum Gasteiger partial charge on any atom is -0.480 e. The van der Waals surface area contributed by atoms with Gasteiger partial charge < -0.3 is 25.2 Å². The number of carboxylic acids is 1. The van der Waals surface area contributed by atoms with Gasteiger partial charge in [0.05, 0.1) is 13.2 Å². The van der Waals surface area contributed by atoms with E-state index in [1.807, 2.05) is 0 Å². The zero-order valence-electron chi connectivity index (χ0n) is 31.7. The van der Waals surface area contributed by atoms with Gasteiger partial charge in [-0.25, -0.2) is 9.36 Å². The minimum absolute atomic E-state index is 0.128. The molecule has 0 fully saturated rings. The molecule has 0 aromatic rings. The van der Waals surface area contributed by atoms with Gasteiger partial charge in [0.2, 0.25) is 5.91 Å². The number of unbranched alkanes of at least 4 members (excludes halogenated alkanes) is 16. The Kier molecular flexibility index (Phi) is 33.2. The first-order valence-electron chi connectivity index (χ1n) is 19.5. The molecule has 11 nitrogen and oxygen atoms in total. The number of carbonyl (C=O) groups excluding carboxylic acids is 2. The second-order valence-electron chi connectivity index (χ2n) is 13.1. The van der Waals surface area contributed by atoms with E-state index in [0.29, 0.717) is 12.8 Å². The number of rotatable bonds is 36. The van der Waals surface area contributed by atoms with Crippen LogP contribution in [0.1, 0.15) is 162 Å². The quantitative estimate of drug-likeness (QED) is 0.0210. The number of esters is 1. The van der Waals surface area contributed by atoms with Crippen molar-refractivity contribution in [1.29, 1.82) is 0 Å². The Balaban J connectivity index is 4.00. The highest BCUT2D eigenvalue weighted by molar-refractivity contribution is 7.47. The molecule has 296 valence electrons. The molecule has 4 N–H and O–H groups in total. The number of hydrogen-bond donors (Lipinski definition) is 4. The molecule has 0 rings (SSSR count). The zero-order chi connectivity index (χ0) is 37.8.